The maximum absolute atomic E-state index is 11.8. The van der Waals surface area contributed by atoms with Crippen molar-refractivity contribution in [2.24, 2.45) is 0 Å². The first-order valence-corrected chi connectivity index (χ1v) is 6.73. The third-order valence-electron chi connectivity index (χ3n) is 2.43. The van der Waals surface area contributed by atoms with Crippen LogP contribution in [0.5, 0.6) is 0 Å². The fourth-order valence-corrected chi connectivity index (χ4v) is 1.97. The maximum Gasteiger partial charge on any atom is 0.252 e. The lowest BCUT2D eigenvalue weighted by Gasteiger charge is -2.10. The van der Waals surface area contributed by atoms with Gasteiger partial charge in [-0.1, -0.05) is 6.92 Å². The molecule has 0 heterocycles. The van der Waals surface area contributed by atoms with Crippen LogP contribution in [0.2, 0.25) is 0 Å². The van der Waals surface area contributed by atoms with Gasteiger partial charge in [0.1, 0.15) is 0 Å². The highest BCUT2D eigenvalue weighted by molar-refractivity contribution is 9.10. The molecule has 0 radical (unpaired) electrons. The van der Waals surface area contributed by atoms with Crippen LogP contribution in [0.4, 0.5) is 0 Å². The molecule has 0 aliphatic carbocycles. The molecule has 0 aliphatic heterocycles. The number of amides is 1. The first kappa shape index (κ1) is 14.5. The lowest BCUT2D eigenvalue weighted by molar-refractivity contribution is 0.0941. The zero-order valence-corrected chi connectivity index (χ0v) is 12.1. The smallest absolute Gasteiger partial charge is 0.252 e. The van der Waals surface area contributed by atoms with Gasteiger partial charge in [0.25, 0.3) is 5.91 Å². The molecule has 0 bridgehead atoms. The van der Waals surface area contributed by atoms with Gasteiger partial charge in [-0.3, -0.25) is 4.79 Å². The van der Waals surface area contributed by atoms with E-state index in [0.29, 0.717) is 24.9 Å². The van der Waals surface area contributed by atoms with Crippen LogP contribution >= 0.6 is 28.6 Å². The van der Waals surface area contributed by atoms with Crippen LogP contribution in [0.3, 0.4) is 0 Å². The van der Waals surface area contributed by atoms with Gasteiger partial charge >= 0.3 is 0 Å². The summed E-state index contributed by atoms with van der Waals surface area (Å²) in [4.78, 5) is 12.6. The van der Waals surface area contributed by atoms with Gasteiger partial charge in [-0.15, -0.1) is 12.6 Å². The number of thiol groups is 1. The molecule has 3 nitrogen and oxygen atoms in total. The summed E-state index contributed by atoms with van der Waals surface area (Å²) in [5.41, 5.74) is 0.559. The van der Waals surface area contributed by atoms with Crippen molar-refractivity contribution in [1.82, 2.24) is 5.32 Å². The van der Waals surface area contributed by atoms with Crippen LogP contribution < -0.4 is 5.32 Å². The van der Waals surface area contributed by atoms with Gasteiger partial charge < -0.3 is 10.4 Å². The zero-order valence-electron chi connectivity index (χ0n) is 9.61. The van der Waals surface area contributed by atoms with Crippen LogP contribution in [-0.4, -0.2) is 23.7 Å². The van der Waals surface area contributed by atoms with Crippen molar-refractivity contribution in [3.63, 3.8) is 0 Å². The highest BCUT2D eigenvalue weighted by Gasteiger charge is 2.10. The van der Waals surface area contributed by atoms with Gasteiger partial charge in [-0.2, -0.15) is 0 Å². The molecule has 0 saturated heterocycles. The Kier molecular flexibility index (Phi) is 6.02. The lowest BCUT2D eigenvalue weighted by atomic mass is 10.2. The van der Waals surface area contributed by atoms with Gasteiger partial charge in [0, 0.05) is 15.9 Å². The second kappa shape index (κ2) is 7.03. The number of hydrogen-bond acceptors (Lipinski definition) is 3. The van der Waals surface area contributed by atoms with E-state index in [-0.39, 0.29) is 12.0 Å². The molecule has 1 rings (SSSR count). The number of carbonyl (C=O) groups excluding carboxylic acids is 1. The van der Waals surface area contributed by atoms with Crippen LogP contribution in [0, 0.1) is 0 Å². The van der Waals surface area contributed by atoms with E-state index in [9.17, 15) is 9.90 Å². The molecule has 1 aromatic carbocycles. The third kappa shape index (κ3) is 4.69. The van der Waals surface area contributed by atoms with Crippen molar-refractivity contribution in [2.45, 2.75) is 30.8 Å². The summed E-state index contributed by atoms with van der Waals surface area (Å²) in [6, 6.07) is 5.31. The number of benzene rings is 1. The Morgan fingerprint density at radius 1 is 1.59 bits per heavy atom. The molecule has 17 heavy (non-hydrogen) atoms. The molecule has 2 N–H and O–H groups in total. The van der Waals surface area contributed by atoms with Gasteiger partial charge in [0.05, 0.1) is 11.7 Å². The lowest BCUT2D eigenvalue weighted by Crippen LogP contribution is -2.27. The Balaban J connectivity index is 2.55. The Morgan fingerprint density at radius 3 is 2.94 bits per heavy atom. The molecule has 0 spiro atoms. The Labute approximate surface area is 115 Å². The first-order chi connectivity index (χ1) is 8.04. The second-order valence-electron chi connectivity index (χ2n) is 3.77. The molecule has 0 aliphatic rings. The van der Waals surface area contributed by atoms with E-state index in [4.69, 9.17) is 0 Å². The highest BCUT2D eigenvalue weighted by atomic mass is 79.9. The quantitative estimate of drug-likeness (QED) is 0.731. The maximum atomic E-state index is 11.8. The highest BCUT2D eigenvalue weighted by Crippen LogP contribution is 2.20. The minimum Gasteiger partial charge on any atom is -0.393 e. The van der Waals surface area contributed by atoms with E-state index in [1.165, 1.54) is 0 Å². The summed E-state index contributed by atoms with van der Waals surface area (Å²) in [6.45, 7) is 2.38. The number of aliphatic hydroxyl groups is 1. The first-order valence-electron chi connectivity index (χ1n) is 5.49. The summed E-state index contributed by atoms with van der Waals surface area (Å²) >= 11 is 7.52. The molecule has 1 atom stereocenters. The van der Waals surface area contributed by atoms with Crippen LogP contribution in [0.15, 0.2) is 27.6 Å². The summed E-state index contributed by atoms with van der Waals surface area (Å²) in [7, 11) is 0. The van der Waals surface area contributed by atoms with Crippen molar-refractivity contribution in [1.29, 1.82) is 0 Å². The molecule has 1 amide bonds. The molecule has 0 fully saturated rings. The van der Waals surface area contributed by atoms with Crippen LogP contribution in [0.25, 0.3) is 0 Å². The van der Waals surface area contributed by atoms with Gasteiger partial charge in [-0.25, -0.2) is 0 Å². The van der Waals surface area contributed by atoms with E-state index in [0.717, 1.165) is 9.37 Å². The Hall–Kier alpha value is -0.520. The summed E-state index contributed by atoms with van der Waals surface area (Å²) in [5.74, 6) is -0.156. The number of hydrogen-bond donors (Lipinski definition) is 3. The monoisotopic (exact) mass is 317 g/mol. The molecular weight excluding hydrogens is 302 g/mol. The number of rotatable bonds is 5. The fraction of sp³-hybridized carbons (Fsp3) is 0.417. The molecular formula is C12H16BrNO2S. The third-order valence-corrected chi connectivity index (χ3v) is 3.40. The van der Waals surface area contributed by atoms with E-state index >= 15 is 0 Å². The van der Waals surface area contributed by atoms with Crippen LogP contribution in [0.1, 0.15) is 30.1 Å². The van der Waals surface area contributed by atoms with E-state index in [2.05, 4.69) is 33.9 Å². The molecule has 1 unspecified atom stereocenters. The van der Waals surface area contributed by atoms with Gasteiger partial charge in [0.2, 0.25) is 0 Å². The SMILES string of the molecule is CCC(O)CCNC(=O)c1cc(S)ccc1Br. The number of carbonyl (C=O) groups is 1. The second-order valence-corrected chi connectivity index (χ2v) is 5.14. The van der Waals surface area contributed by atoms with Crippen LogP contribution in [-0.2, 0) is 0 Å². The molecule has 0 saturated carbocycles. The predicted molar refractivity (Wildman–Crippen MR) is 74.6 cm³/mol. The number of aliphatic hydroxyl groups excluding tert-OH is 1. The fourth-order valence-electron chi connectivity index (χ4n) is 1.34. The largest absolute Gasteiger partial charge is 0.393 e. The average Bonchev–Trinajstić information content (AvgIpc) is 2.31. The molecule has 0 aromatic heterocycles. The van der Waals surface area contributed by atoms with Crippen molar-refractivity contribution >= 4 is 34.5 Å². The zero-order chi connectivity index (χ0) is 12.8. The van der Waals surface area contributed by atoms with Gasteiger partial charge in [0.15, 0.2) is 0 Å². The average molecular weight is 318 g/mol. The van der Waals surface area contributed by atoms with E-state index in [1.54, 1.807) is 12.1 Å². The number of nitrogens with one attached hydrogen (secondary N) is 1. The number of halogens is 1. The van der Waals surface area contributed by atoms with Gasteiger partial charge in [-0.05, 0) is 47.0 Å². The van der Waals surface area contributed by atoms with E-state index in [1.807, 2.05) is 13.0 Å². The molecule has 5 heteroatoms. The van der Waals surface area contributed by atoms with E-state index < -0.39 is 0 Å². The standard InChI is InChI=1S/C12H16BrNO2S/c1-2-8(15)5-6-14-12(16)10-7-9(17)3-4-11(10)13/h3-4,7-8,15,17H,2,5-6H2,1H3,(H,14,16). The summed E-state index contributed by atoms with van der Waals surface area (Å²) < 4.78 is 0.740. The normalized spacial score (nSPS) is 12.2. The van der Waals surface area contributed by atoms with Crippen molar-refractivity contribution < 1.29 is 9.90 Å². The summed E-state index contributed by atoms with van der Waals surface area (Å²) in [6.07, 6.45) is 0.918. The summed E-state index contributed by atoms with van der Waals surface area (Å²) in [5, 5.41) is 12.1. The topological polar surface area (TPSA) is 49.3 Å². The minimum absolute atomic E-state index is 0.156. The predicted octanol–water partition coefficient (Wildman–Crippen LogP) is 2.63. The Bertz CT molecular complexity index is 398. The molecule has 94 valence electrons. The Morgan fingerprint density at radius 2 is 2.29 bits per heavy atom. The minimum atomic E-state index is -0.352. The molecule has 1 aromatic rings. The van der Waals surface area contributed by atoms with Crippen molar-refractivity contribution in [3.8, 4) is 0 Å². The van der Waals surface area contributed by atoms with Crippen molar-refractivity contribution in [2.75, 3.05) is 6.54 Å². The van der Waals surface area contributed by atoms with Crippen molar-refractivity contribution in [3.05, 3.63) is 28.2 Å².